The molecule has 2 N–H and O–H groups in total. The van der Waals surface area contributed by atoms with Crippen molar-refractivity contribution in [3.8, 4) is 0 Å². The van der Waals surface area contributed by atoms with Crippen molar-refractivity contribution in [3.63, 3.8) is 0 Å². The van der Waals surface area contributed by atoms with Gasteiger partial charge in [-0.3, -0.25) is 4.68 Å². The molecule has 0 radical (unpaired) electrons. The molecule has 1 aromatic rings. The minimum atomic E-state index is -3.39. The van der Waals surface area contributed by atoms with Gasteiger partial charge in [0.15, 0.2) is 0 Å². The Morgan fingerprint density at radius 3 is 2.83 bits per heavy atom. The van der Waals surface area contributed by atoms with Crippen LogP contribution < -0.4 is 10.0 Å². The van der Waals surface area contributed by atoms with E-state index in [4.69, 9.17) is 0 Å². The normalized spacial score (nSPS) is 18.1. The van der Waals surface area contributed by atoms with Crippen LogP contribution in [0.1, 0.15) is 19.3 Å². The van der Waals surface area contributed by atoms with Gasteiger partial charge in [0.05, 0.1) is 6.20 Å². The molecule has 1 aromatic heterocycles. The molecule has 0 spiro atoms. The van der Waals surface area contributed by atoms with Crippen LogP contribution in [0.5, 0.6) is 0 Å². The van der Waals surface area contributed by atoms with Crippen molar-refractivity contribution >= 4 is 10.0 Å². The van der Waals surface area contributed by atoms with E-state index < -0.39 is 10.0 Å². The summed E-state index contributed by atoms with van der Waals surface area (Å²) in [4.78, 5) is 0.232. The molecule has 7 heteroatoms. The second-order valence-corrected chi connectivity index (χ2v) is 6.50. The molecule has 0 bridgehead atoms. The molecule has 6 nitrogen and oxygen atoms in total. The molecule has 1 aliphatic heterocycles. The van der Waals surface area contributed by atoms with Crippen LogP contribution in [-0.4, -0.2) is 37.8 Å². The first-order valence-electron chi connectivity index (χ1n) is 6.27. The van der Waals surface area contributed by atoms with Crippen LogP contribution in [-0.2, 0) is 17.1 Å². The number of sulfonamides is 1. The first-order chi connectivity index (χ1) is 8.58. The molecular weight excluding hydrogens is 252 g/mol. The average molecular weight is 272 g/mol. The highest BCUT2D eigenvalue weighted by Gasteiger charge is 2.17. The fraction of sp³-hybridized carbons (Fsp3) is 0.727. The van der Waals surface area contributed by atoms with E-state index in [-0.39, 0.29) is 4.90 Å². The molecule has 1 fully saturated rings. The summed E-state index contributed by atoms with van der Waals surface area (Å²) in [5.41, 5.74) is 0. The standard InChI is InChI=1S/C11H20N4O2S/c1-15-9-11(8-13-15)18(16,17)14-7-4-10-2-5-12-6-3-10/h8-10,12,14H,2-7H2,1H3. The Hall–Kier alpha value is -0.920. The highest BCUT2D eigenvalue weighted by Crippen LogP contribution is 2.15. The number of hydrogen-bond acceptors (Lipinski definition) is 4. The lowest BCUT2D eigenvalue weighted by atomic mass is 9.95. The molecule has 0 saturated carbocycles. The maximum atomic E-state index is 11.9. The molecule has 0 aromatic carbocycles. The number of aryl methyl sites for hydroxylation is 1. The Balaban J connectivity index is 1.82. The molecule has 2 heterocycles. The van der Waals surface area contributed by atoms with Crippen molar-refractivity contribution in [1.82, 2.24) is 19.8 Å². The molecule has 1 aliphatic rings. The van der Waals surface area contributed by atoms with Crippen molar-refractivity contribution in [2.24, 2.45) is 13.0 Å². The summed E-state index contributed by atoms with van der Waals surface area (Å²) in [6.07, 6.45) is 6.05. The predicted molar refractivity (Wildman–Crippen MR) is 68.6 cm³/mol. The quantitative estimate of drug-likeness (QED) is 0.796. The first kappa shape index (κ1) is 13.5. The molecule has 0 unspecified atom stereocenters. The van der Waals surface area contributed by atoms with Crippen LogP contribution in [0.3, 0.4) is 0 Å². The maximum absolute atomic E-state index is 11.9. The third-order valence-corrected chi connectivity index (χ3v) is 4.71. The highest BCUT2D eigenvalue weighted by molar-refractivity contribution is 7.89. The van der Waals surface area contributed by atoms with E-state index in [1.807, 2.05) is 0 Å². The van der Waals surface area contributed by atoms with Crippen molar-refractivity contribution in [1.29, 1.82) is 0 Å². The minimum Gasteiger partial charge on any atom is -0.317 e. The third kappa shape index (κ3) is 3.54. The lowest BCUT2D eigenvalue weighted by Gasteiger charge is -2.22. The number of nitrogens with zero attached hydrogens (tertiary/aromatic N) is 2. The van der Waals surface area contributed by atoms with E-state index in [1.165, 1.54) is 17.1 Å². The van der Waals surface area contributed by atoms with Gasteiger partial charge in [0.2, 0.25) is 10.0 Å². The van der Waals surface area contributed by atoms with E-state index in [0.29, 0.717) is 12.5 Å². The van der Waals surface area contributed by atoms with Gasteiger partial charge < -0.3 is 5.32 Å². The maximum Gasteiger partial charge on any atom is 0.243 e. The zero-order valence-corrected chi connectivity index (χ0v) is 11.4. The van der Waals surface area contributed by atoms with E-state index in [9.17, 15) is 8.42 Å². The monoisotopic (exact) mass is 272 g/mol. The summed E-state index contributed by atoms with van der Waals surface area (Å²) in [6, 6.07) is 0. The van der Waals surface area contributed by atoms with Gasteiger partial charge in [0.1, 0.15) is 4.90 Å². The third-order valence-electron chi connectivity index (χ3n) is 3.29. The first-order valence-corrected chi connectivity index (χ1v) is 7.75. The molecule has 0 aliphatic carbocycles. The molecule has 18 heavy (non-hydrogen) atoms. The number of piperidine rings is 1. The summed E-state index contributed by atoms with van der Waals surface area (Å²) in [7, 11) is -1.69. The largest absolute Gasteiger partial charge is 0.317 e. The summed E-state index contributed by atoms with van der Waals surface area (Å²) in [5, 5.41) is 7.17. The zero-order chi connectivity index (χ0) is 13.0. The van der Waals surface area contributed by atoms with Crippen LogP contribution in [0.25, 0.3) is 0 Å². The Bertz CT molecular complexity index is 477. The molecule has 2 rings (SSSR count). The Morgan fingerprint density at radius 2 is 2.22 bits per heavy atom. The topological polar surface area (TPSA) is 76.0 Å². The molecule has 0 atom stereocenters. The number of rotatable bonds is 5. The predicted octanol–water partition coefficient (Wildman–Crippen LogP) is 0.0881. The van der Waals surface area contributed by atoms with E-state index in [2.05, 4.69) is 15.1 Å². The van der Waals surface area contributed by atoms with Gasteiger partial charge in [-0.1, -0.05) is 0 Å². The van der Waals surface area contributed by atoms with Crippen molar-refractivity contribution in [2.75, 3.05) is 19.6 Å². The SMILES string of the molecule is Cn1cc(S(=O)(=O)NCCC2CCNCC2)cn1. The van der Waals surface area contributed by atoms with Gasteiger partial charge in [-0.2, -0.15) is 5.10 Å². The summed E-state index contributed by atoms with van der Waals surface area (Å²) in [5.74, 6) is 0.628. The van der Waals surface area contributed by atoms with Crippen molar-refractivity contribution in [3.05, 3.63) is 12.4 Å². The van der Waals surface area contributed by atoms with Gasteiger partial charge in [0.25, 0.3) is 0 Å². The lowest BCUT2D eigenvalue weighted by molar-refractivity contribution is 0.354. The van der Waals surface area contributed by atoms with Crippen molar-refractivity contribution in [2.45, 2.75) is 24.2 Å². The van der Waals surface area contributed by atoms with Crippen LogP contribution in [0, 0.1) is 5.92 Å². The minimum absolute atomic E-state index is 0.232. The second-order valence-electron chi connectivity index (χ2n) is 4.73. The Kier molecular flexibility index (Phi) is 4.36. The second kappa shape index (κ2) is 5.81. The van der Waals surface area contributed by atoms with Gasteiger partial charge in [0, 0.05) is 19.8 Å². The van der Waals surface area contributed by atoms with E-state index in [0.717, 1.165) is 32.4 Å². The number of aromatic nitrogens is 2. The van der Waals surface area contributed by atoms with E-state index >= 15 is 0 Å². The smallest absolute Gasteiger partial charge is 0.243 e. The summed E-state index contributed by atoms with van der Waals surface area (Å²) in [6.45, 7) is 2.59. The Morgan fingerprint density at radius 1 is 1.50 bits per heavy atom. The van der Waals surface area contributed by atoms with E-state index in [1.54, 1.807) is 7.05 Å². The van der Waals surface area contributed by atoms with Gasteiger partial charge in [-0.25, -0.2) is 13.1 Å². The number of nitrogens with one attached hydrogen (secondary N) is 2. The van der Waals surface area contributed by atoms with Crippen LogP contribution in [0.2, 0.25) is 0 Å². The molecule has 102 valence electrons. The molecular formula is C11H20N4O2S. The average Bonchev–Trinajstić information content (AvgIpc) is 2.78. The molecule has 0 amide bonds. The highest BCUT2D eigenvalue weighted by atomic mass is 32.2. The zero-order valence-electron chi connectivity index (χ0n) is 10.6. The van der Waals surface area contributed by atoms with Crippen molar-refractivity contribution < 1.29 is 8.42 Å². The summed E-state index contributed by atoms with van der Waals surface area (Å²) < 4.78 is 27.9. The Labute approximate surface area is 108 Å². The van der Waals surface area contributed by atoms with Crippen LogP contribution in [0.15, 0.2) is 17.3 Å². The van der Waals surface area contributed by atoms with Gasteiger partial charge in [-0.15, -0.1) is 0 Å². The van der Waals surface area contributed by atoms with Crippen LogP contribution in [0.4, 0.5) is 0 Å². The lowest BCUT2D eigenvalue weighted by Crippen LogP contribution is -2.31. The molecule has 1 saturated heterocycles. The number of hydrogen-bond donors (Lipinski definition) is 2. The van der Waals surface area contributed by atoms with Gasteiger partial charge in [-0.05, 0) is 38.3 Å². The fourth-order valence-electron chi connectivity index (χ4n) is 2.19. The van der Waals surface area contributed by atoms with Crippen LogP contribution >= 0.6 is 0 Å². The fourth-order valence-corrected chi connectivity index (χ4v) is 3.22. The summed E-state index contributed by atoms with van der Waals surface area (Å²) >= 11 is 0. The van der Waals surface area contributed by atoms with Gasteiger partial charge >= 0.3 is 0 Å².